The second-order valence-electron chi connectivity index (χ2n) is 6.46. The Labute approximate surface area is 139 Å². The van der Waals surface area contributed by atoms with Crippen LogP contribution in [0.5, 0.6) is 0 Å². The van der Waals surface area contributed by atoms with E-state index in [1.807, 2.05) is 19.9 Å². The van der Waals surface area contributed by atoms with E-state index in [4.69, 9.17) is 0 Å². The molecule has 0 saturated carbocycles. The molecule has 0 amide bonds. The number of benzene rings is 1. The average Bonchev–Trinajstić information content (AvgIpc) is 3.10. The Kier molecular flexibility index (Phi) is 3.36. The zero-order valence-electron chi connectivity index (χ0n) is 13.3. The van der Waals surface area contributed by atoms with Crippen molar-refractivity contribution in [3.05, 3.63) is 42.2 Å². The van der Waals surface area contributed by atoms with Crippen molar-refractivity contribution in [2.24, 2.45) is 0 Å². The van der Waals surface area contributed by atoms with Crippen LogP contribution in [0.2, 0.25) is 0 Å². The number of β-amino-alcohol motifs (C(OH)–C–C–N with tert-alkyl or cyclic N) is 1. The van der Waals surface area contributed by atoms with Gasteiger partial charge in [-0.1, -0.05) is 30.3 Å². The van der Waals surface area contributed by atoms with E-state index in [0.29, 0.717) is 6.54 Å². The maximum absolute atomic E-state index is 10.3. The summed E-state index contributed by atoms with van der Waals surface area (Å²) in [5.74, 6) is 1.73. The van der Waals surface area contributed by atoms with Crippen molar-refractivity contribution in [3.8, 4) is 10.4 Å². The molecule has 1 aliphatic heterocycles. The smallest absolute Gasteiger partial charge is 0.141 e. The van der Waals surface area contributed by atoms with Crippen LogP contribution in [0, 0.1) is 6.92 Å². The molecule has 0 spiro atoms. The summed E-state index contributed by atoms with van der Waals surface area (Å²) in [6.07, 6.45) is 0.771. The number of aromatic nitrogens is 2. The third-order valence-electron chi connectivity index (χ3n) is 4.29. The Bertz CT molecular complexity index is 857. The van der Waals surface area contributed by atoms with Gasteiger partial charge in [0.2, 0.25) is 0 Å². The van der Waals surface area contributed by atoms with Gasteiger partial charge in [-0.2, -0.15) is 0 Å². The molecule has 4 rings (SSSR count). The lowest BCUT2D eigenvalue weighted by atomic mass is 10.1. The Balaban J connectivity index is 1.83. The Morgan fingerprint density at radius 3 is 2.70 bits per heavy atom. The van der Waals surface area contributed by atoms with Gasteiger partial charge in [-0.3, -0.25) is 0 Å². The fraction of sp³-hybridized carbons (Fsp3) is 0.333. The quantitative estimate of drug-likeness (QED) is 0.782. The van der Waals surface area contributed by atoms with Gasteiger partial charge < -0.3 is 10.0 Å². The van der Waals surface area contributed by atoms with Gasteiger partial charge in [-0.05, 0) is 31.9 Å². The van der Waals surface area contributed by atoms with Crippen molar-refractivity contribution >= 4 is 27.4 Å². The van der Waals surface area contributed by atoms with E-state index in [0.717, 1.165) is 34.8 Å². The first-order chi connectivity index (χ1) is 11.0. The van der Waals surface area contributed by atoms with Crippen LogP contribution in [0.3, 0.4) is 0 Å². The molecule has 2 aromatic heterocycles. The van der Waals surface area contributed by atoms with Crippen LogP contribution in [-0.4, -0.2) is 33.8 Å². The van der Waals surface area contributed by atoms with E-state index in [1.165, 1.54) is 10.4 Å². The van der Waals surface area contributed by atoms with Crippen LogP contribution < -0.4 is 4.90 Å². The number of aryl methyl sites for hydroxylation is 1. The molecule has 0 bridgehead atoms. The molecule has 1 aromatic carbocycles. The first kappa shape index (κ1) is 14.6. The van der Waals surface area contributed by atoms with Gasteiger partial charge in [0.1, 0.15) is 16.5 Å². The highest BCUT2D eigenvalue weighted by Gasteiger charge is 2.33. The van der Waals surface area contributed by atoms with Crippen molar-refractivity contribution in [2.75, 3.05) is 18.0 Å². The molecule has 3 aromatic rings. The summed E-state index contributed by atoms with van der Waals surface area (Å²) in [6.45, 7) is 5.27. The fourth-order valence-electron chi connectivity index (χ4n) is 3.12. The van der Waals surface area contributed by atoms with Gasteiger partial charge in [0.05, 0.1) is 11.0 Å². The number of thiophene rings is 1. The fourth-order valence-corrected chi connectivity index (χ4v) is 4.20. The van der Waals surface area contributed by atoms with Gasteiger partial charge in [-0.15, -0.1) is 11.3 Å². The molecule has 0 aliphatic carbocycles. The molecule has 3 heterocycles. The van der Waals surface area contributed by atoms with Gasteiger partial charge in [-0.25, -0.2) is 9.97 Å². The van der Waals surface area contributed by atoms with E-state index >= 15 is 0 Å². The highest BCUT2D eigenvalue weighted by atomic mass is 32.1. The lowest BCUT2D eigenvalue weighted by molar-refractivity contribution is 0.0839. The lowest BCUT2D eigenvalue weighted by Crippen LogP contribution is -2.30. The summed E-state index contributed by atoms with van der Waals surface area (Å²) in [5.41, 5.74) is 0.566. The minimum atomic E-state index is -0.635. The highest BCUT2D eigenvalue weighted by molar-refractivity contribution is 7.21. The largest absolute Gasteiger partial charge is 0.388 e. The zero-order valence-corrected chi connectivity index (χ0v) is 14.1. The summed E-state index contributed by atoms with van der Waals surface area (Å²) < 4.78 is 0. The number of fused-ring (bicyclic) bond motifs is 1. The zero-order chi connectivity index (χ0) is 16.0. The number of aliphatic hydroxyl groups is 1. The second-order valence-corrected chi connectivity index (χ2v) is 7.49. The maximum atomic E-state index is 10.3. The topological polar surface area (TPSA) is 49.2 Å². The molecule has 1 atom stereocenters. The summed E-state index contributed by atoms with van der Waals surface area (Å²) in [7, 11) is 0. The molecule has 1 fully saturated rings. The van der Waals surface area contributed by atoms with Gasteiger partial charge in [0, 0.05) is 18.0 Å². The number of rotatable bonds is 2. The number of hydrogen-bond acceptors (Lipinski definition) is 5. The summed E-state index contributed by atoms with van der Waals surface area (Å²) >= 11 is 1.70. The van der Waals surface area contributed by atoms with Crippen molar-refractivity contribution < 1.29 is 5.11 Å². The van der Waals surface area contributed by atoms with E-state index in [-0.39, 0.29) is 0 Å². The monoisotopic (exact) mass is 325 g/mol. The predicted octanol–water partition coefficient (Wildman–Crippen LogP) is 3.63. The molecule has 1 unspecified atom stereocenters. The first-order valence-electron chi connectivity index (χ1n) is 7.83. The summed E-state index contributed by atoms with van der Waals surface area (Å²) in [5, 5.41) is 11.3. The van der Waals surface area contributed by atoms with E-state index in [1.54, 1.807) is 11.3 Å². The number of hydrogen-bond donors (Lipinski definition) is 1. The lowest BCUT2D eigenvalue weighted by Gasteiger charge is -2.20. The van der Waals surface area contributed by atoms with Crippen LogP contribution >= 0.6 is 11.3 Å². The van der Waals surface area contributed by atoms with Crippen molar-refractivity contribution in [2.45, 2.75) is 25.9 Å². The van der Waals surface area contributed by atoms with Crippen molar-refractivity contribution in [1.82, 2.24) is 9.97 Å². The normalized spacial score (nSPS) is 21.3. The van der Waals surface area contributed by atoms with Crippen molar-refractivity contribution in [3.63, 3.8) is 0 Å². The minimum Gasteiger partial charge on any atom is -0.388 e. The number of anilines is 1. The molecule has 1 aliphatic rings. The average molecular weight is 325 g/mol. The molecular weight excluding hydrogens is 306 g/mol. The van der Waals surface area contributed by atoms with Gasteiger partial charge >= 0.3 is 0 Å². The van der Waals surface area contributed by atoms with Crippen LogP contribution in [-0.2, 0) is 0 Å². The predicted molar refractivity (Wildman–Crippen MR) is 95.0 cm³/mol. The molecule has 1 saturated heterocycles. The minimum absolute atomic E-state index is 0.620. The van der Waals surface area contributed by atoms with Crippen LogP contribution in [0.25, 0.3) is 20.7 Å². The SMILES string of the molecule is Cc1nc(N2CCC(C)(O)C2)c2cc(-c3ccccc3)sc2n1. The highest BCUT2D eigenvalue weighted by Crippen LogP contribution is 2.38. The molecular formula is C18H19N3OS. The molecule has 5 heteroatoms. The second kappa shape index (κ2) is 5.28. The Hall–Kier alpha value is -1.98. The number of nitrogens with zero attached hydrogens (tertiary/aromatic N) is 3. The van der Waals surface area contributed by atoms with Crippen LogP contribution in [0.15, 0.2) is 36.4 Å². The molecule has 23 heavy (non-hydrogen) atoms. The van der Waals surface area contributed by atoms with Gasteiger partial charge in [0.15, 0.2) is 0 Å². The summed E-state index contributed by atoms with van der Waals surface area (Å²) in [6, 6.07) is 12.5. The molecule has 118 valence electrons. The van der Waals surface area contributed by atoms with Crippen molar-refractivity contribution in [1.29, 1.82) is 0 Å². The third kappa shape index (κ3) is 2.71. The van der Waals surface area contributed by atoms with Crippen LogP contribution in [0.1, 0.15) is 19.2 Å². The Morgan fingerprint density at radius 1 is 1.22 bits per heavy atom. The maximum Gasteiger partial charge on any atom is 0.141 e. The molecule has 1 N–H and O–H groups in total. The Morgan fingerprint density at radius 2 is 2.00 bits per heavy atom. The molecule has 0 radical (unpaired) electrons. The first-order valence-corrected chi connectivity index (χ1v) is 8.64. The van der Waals surface area contributed by atoms with E-state index < -0.39 is 5.60 Å². The molecule has 4 nitrogen and oxygen atoms in total. The van der Waals surface area contributed by atoms with E-state index in [9.17, 15) is 5.11 Å². The standard InChI is InChI=1S/C18H19N3OS/c1-12-19-16(21-9-8-18(2,22)11-21)14-10-15(23-17(14)20-12)13-6-4-3-5-7-13/h3-7,10,22H,8-9,11H2,1-2H3. The van der Waals surface area contributed by atoms with E-state index in [2.05, 4.69) is 45.2 Å². The van der Waals surface area contributed by atoms with Gasteiger partial charge in [0.25, 0.3) is 0 Å². The summed E-state index contributed by atoms with van der Waals surface area (Å²) in [4.78, 5) is 13.7. The van der Waals surface area contributed by atoms with Crippen LogP contribution in [0.4, 0.5) is 5.82 Å². The third-order valence-corrected chi connectivity index (χ3v) is 5.37.